The Morgan fingerprint density at radius 3 is 2.78 bits per heavy atom. The second-order valence-electron chi connectivity index (χ2n) is 6.72. The molecule has 0 spiro atoms. The van der Waals surface area contributed by atoms with E-state index in [1.807, 2.05) is 13.0 Å². The van der Waals surface area contributed by atoms with Gasteiger partial charge in [-0.3, -0.25) is 9.89 Å². The Morgan fingerprint density at radius 2 is 2.12 bits per heavy atom. The van der Waals surface area contributed by atoms with Gasteiger partial charge in [-0.25, -0.2) is 9.55 Å². The number of nitriles is 1. The minimum Gasteiger partial charge on any atom is -0.382 e. The van der Waals surface area contributed by atoms with Gasteiger partial charge in [0.2, 0.25) is 5.95 Å². The summed E-state index contributed by atoms with van der Waals surface area (Å²) in [6, 6.07) is 6.45. The van der Waals surface area contributed by atoms with Crippen LogP contribution in [0.4, 0.5) is 17.6 Å². The van der Waals surface area contributed by atoms with E-state index in [0.717, 1.165) is 0 Å². The van der Waals surface area contributed by atoms with Crippen LogP contribution in [0.1, 0.15) is 30.8 Å². The standard InChI is InChI=1S/C19H16BrClN10O/c1-2-11(26-15-8(6-22)14(23)28-19(24)29-15)17-27-12-5-3-4-10(21)13(12)18(32)31(17)16-9(20)7-25-30-16/h3-5,7,11H,2H2,1H3,(H,25,30)(H5,23,24,26,28,29). The summed E-state index contributed by atoms with van der Waals surface area (Å²) in [4.78, 5) is 26.2. The number of nitrogen functional groups attached to an aromatic ring is 2. The smallest absolute Gasteiger partial charge is 0.268 e. The second-order valence-corrected chi connectivity index (χ2v) is 7.98. The molecular weight excluding hydrogens is 500 g/mol. The summed E-state index contributed by atoms with van der Waals surface area (Å²) in [5.74, 6) is 0.716. The largest absolute Gasteiger partial charge is 0.382 e. The van der Waals surface area contributed by atoms with Gasteiger partial charge in [0.05, 0.1) is 32.6 Å². The molecule has 0 saturated heterocycles. The van der Waals surface area contributed by atoms with E-state index >= 15 is 0 Å². The van der Waals surface area contributed by atoms with E-state index in [2.05, 4.69) is 41.4 Å². The van der Waals surface area contributed by atoms with Crippen LogP contribution < -0.4 is 22.3 Å². The van der Waals surface area contributed by atoms with Crippen LogP contribution in [0.25, 0.3) is 16.7 Å². The minimum atomic E-state index is -0.568. The third kappa shape index (κ3) is 3.61. The van der Waals surface area contributed by atoms with E-state index in [1.54, 1.807) is 18.2 Å². The number of fused-ring (bicyclic) bond motifs is 1. The zero-order valence-electron chi connectivity index (χ0n) is 16.6. The van der Waals surface area contributed by atoms with Gasteiger partial charge in [-0.2, -0.15) is 20.3 Å². The minimum absolute atomic E-state index is 0.0399. The number of nitrogens with zero attached hydrogens (tertiary/aromatic N) is 6. The molecule has 0 amide bonds. The Balaban J connectivity index is 1.98. The van der Waals surface area contributed by atoms with Gasteiger partial charge in [-0.1, -0.05) is 24.6 Å². The first kappa shape index (κ1) is 21.5. The topological polar surface area (TPSA) is 177 Å². The fraction of sp³-hybridized carbons (Fsp3) is 0.158. The molecule has 4 aromatic rings. The van der Waals surface area contributed by atoms with Crippen LogP contribution in [-0.4, -0.2) is 29.7 Å². The summed E-state index contributed by atoms with van der Waals surface area (Å²) >= 11 is 9.72. The van der Waals surface area contributed by atoms with Crippen LogP contribution in [-0.2, 0) is 0 Å². The molecule has 162 valence electrons. The lowest BCUT2D eigenvalue weighted by atomic mass is 10.1. The SMILES string of the molecule is CCC(Nc1nc(N)nc(N)c1C#N)c1nc2cccc(Cl)c2c(=O)n1-c1[nH]ncc1Br. The average Bonchev–Trinajstić information content (AvgIpc) is 3.17. The van der Waals surface area contributed by atoms with Gasteiger partial charge in [0, 0.05) is 0 Å². The van der Waals surface area contributed by atoms with Crippen LogP contribution in [0.2, 0.25) is 5.02 Å². The number of aromatic nitrogens is 6. The Kier molecular flexibility index (Phi) is 5.68. The highest BCUT2D eigenvalue weighted by Gasteiger charge is 2.25. The lowest BCUT2D eigenvalue weighted by Crippen LogP contribution is -2.29. The first-order valence-corrected chi connectivity index (χ1v) is 10.5. The van der Waals surface area contributed by atoms with Crippen molar-refractivity contribution in [2.45, 2.75) is 19.4 Å². The summed E-state index contributed by atoms with van der Waals surface area (Å²) < 4.78 is 1.93. The van der Waals surface area contributed by atoms with Crippen molar-refractivity contribution in [1.29, 1.82) is 5.26 Å². The highest BCUT2D eigenvalue weighted by molar-refractivity contribution is 9.10. The lowest BCUT2D eigenvalue weighted by molar-refractivity contribution is 0.652. The third-order valence-electron chi connectivity index (χ3n) is 4.77. The highest BCUT2D eigenvalue weighted by atomic mass is 79.9. The fourth-order valence-corrected chi connectivity index (χ4v) is 3.92. The normalized spacial score (nSPS) is 11.9. The van der Waals surface area contributed by atoms with Crippen LogP contribution in [0.3, 0.4) is 0 Å². The predicted octanol–water partition coefficient (Wildman–Crippen LogP) is 2.91. The highest BCUT2D eigenvalue weighted by Crippen LogP contribution is 2.29. The monoisotopic (exact) mass is 514 g/mol. The number of halogens is 2. The zero-order chi connectivity index (χ0) is 23.0. The quantitative estimate of drug-likeness (QED) is 0.311. The fourth-order valence-electron chi connectivity index (χ4n) is 3.30. The molecule has 0 radical (unpaired) electrons. The van der Waals surface area contributed by atoms with Crippen molar-refractivity contribution in [3.8, 4) is 11.9 Å². The summed E-state index contributed by atoms with van der Waals surface area (Å²) in [7, 11) is 0. The number of aromatic amines is 1. The maximum absolute atomic E-state index is 13.5. The summed E-state index contributed by atoms with van der Waals surface area (Å²) in [5, 5.41) is 20.0. The van der Waals surface area contributed by atoms with E-state index < -0.39 is 6.04 Å². The van der Waals surface area contributed by atoms with Crippen molar-refractivity contribution in [3.63, 3.8) is 0 Å². The molecule has 3 heterocycles. The van der Waals surface area contributed by atoms with Crippen LogP contribution >= 0.6 is 27.5 Å². The molecule has 3 aromatic heterocycles. The van der Waals surface area contributed by atoms with Crippen molar-refractivity contribution in [3.05, 3.63) is 55.6 Å². The van der Waals surface area contributed by atoms with Gasteiger partial charge in [0.15, 0.2) is 11.6 Å². The van der Waals surface area contributed by atoms with E-state index in [0.29, 0.717) is 28.1 Å². The molecule has 0 saturated carbocycles. The Hall–Kier alpha value is -3.69. The van der Waals surface area contributed by atoms with E-state index in [9.17, 15) is 10.1 Å². The average molecular weight is 516 g/mol. The maximum Gasteiger partial charge on any atom is 0.268 e. The molecule has 0 fully saturated rings. The molecule has 1 atom stereocenters. The zero-order valence-corrected chi connectivity index (χ0v) is 18.9. The van der Waals surface area contributed by atoms with Gasteiger partial charge < -0.3 is 16.8 Å². The number of nitrogens with two attached hydrogens (primary N) is 2. The molecule has 13 heteroatoms. The molecule has 0 aliphatic rings. The predicted molar refractivity (Wildman–Crippen MR) is 124 cm³/mol. The van der Waals surface area contributed by atoms with Gasteiger partial charge >= 0.3 is 0 Å². The maximum atomic E-state index is 13.5. The van der Waals surface area contributed by atoms with Crippen molar-refractivity contribution in [1.82, 2.24) is 29.7 Å². The van der Waals surface area contributed by atoms with E-state index in [-0.39, 0.29) is 39.1 Å². The molecule has 0 bridgehead atoms. The van der Waals surface area contributed by atoms with Crippen molar-refractivity contribution in [2.75, 3.05) is 16.8 Å². The third-order valence-corrected chi connectivity index (χ3v) is 5.66. The van der Waals surface area contributed by atoms with E-state index in [4.69, 9.17) is 28.1 Å². The number of hydrogen-bond donors (Lipinski definition) is 4. The summed E-state index contributed by atoms with van der Waals surface area (Å²) in [6.45, 7) is 1.89. The number of H-pyrrole nitrogens is 1. The van der Waals surface area contributed by atoms with Crippen molar-refractivity contribution < 1.29 is 0 Å². The van der Waals surface area contributed by atoms with Crippen LogP contribution in [0.15, 0.2) is 33.7 Å². The molecular formula is C19H16BrClN10O. The summed E-state index contributed by atoms with van der Waals surface area (Å²) in [5.41, 5.74) is 11.6. The molecule has 0 aliphatic carbocycles. The molecule has 6 N–H and O–H groups in total. The first-order chi connectivity index (χ1) is 15.3. The number of benzene rings is 1. The van der Waals surface area contributed by atoms with Gasteiger partial charge in [-0.15, -0.1) is 0 Å². The Morgan fingerprint density at radius 1 is 1.34 bits per heavy atom. The van der Waals surface area contributed by atoms with Crippen LogP contribution in [0.5, 0.6) is 0 Å². The number of hydrogen-bond acceptors (Lipinski definition) is 9. The van der Waals surface area contributed by atoms with Gasteiger partial charge in [-0.05, 0) is 34.5 Å². The van der Waals surface area contributed by atoms with Gasteiger partial charge in [0.1, 0.15) is 23.3 Å². The molecule has 1 unspecified atom stereocenters. The molecule has 4 rings (SSSR count). The molecule has 0 aliphatic heterocycles. The molecule has 11 nitrogen and oxygen atoms in total. The second kappa shape index (κ2) is 8.45. The van der Waals surface area contributed by atoms with Crippen molar-refractivity contribution >= 4 is 56.0 Å². The number of anilines is 3. The summed E-state index contributed by atoms with van der Waals surface area (Å²) in [6.07, 6.45) is 2.00. The van der Waals surface area contributed by atoms with Crippen LogP contribution in [0, 0.1) is 11.3 Å². The lowest BCUT2D eigenvalue weighted by Gasteiger charge is -2.22. The molecule has 32 heavy (non-hydrogen) atoms. The molecule has 1 aromatic carbocycles. The number of rotatable bonds is 5. The van der Waals surface area contributed by atoms with Gasteiger partial charge in [0.25, 0.3) is 5.56 Å². The van der Waals surface area contributed by atoms with Crippen molar-refractivity contribution in [2.24, 2.45) is 0 Å². The Bertz CT molecular complexity index is 1440. The number of nitrogens with one attached hydrogen (secondary N) is 2. The van der Waals surface area contributed by atoms with E-state index in [1.165, 1.54) is 10.8 Å². The first-order valence-electron chi connectivity index (χ1n) is 9.35. The Labute approximate surface area is 194 Å².